The van der Waals surface area contributed by atoms with E-state index in [1.165, 1.54) is 13.1 Å². The van der Waals surface area contributed by atoms with Gasteiger partial charge in [-0.3, -0.25) is 4.90 Å². The van der Waals surface area contributed by atoms with Crippen molar-refractivity contribution in [3.8, 4) is 0 Å². The predicted octanol–water partition coefficient (Wildman–Crippen LogP) is 1.71. The molecule has 1 fully saturated rings. The van der Waals surface area contributed by atoms with Crippen LogP contribution in [0, 0.1) is 0 Å². The fourth-order valence-electron chi connectivity index (χ4n) is 1.54. The lowest BCUT2D eigenvalue weighted by Gasteiger charge is -2.36. The Balaban J connectivity index is 0.000000561. The summed E-state index contributed by atoms with van der Waals surface area (Å²) >= 11 is 0. The van der Waals surface area contributed by atoms with Crippen LogP contribution in [-0.4, -0.2) is 36.6 Å². The molecule has 0 amide bonds. The Bertz CT molecular complexity index is 104. The van der Waals surface area contributed by atoms with Gasteiger partial charge in [0.25, 0.3) is 0 Å². The molecule has 2 heteroatoms. The van der Waals surface area contributed by atoms with Gasteiger partial charge in [0.2, 0.25) is 0 Å². The Hall–Kier alpha value is -0.0800. The standard InChI is InChI=1S/C8H18N2.C2H6/c1-4-10-6-7(2)9-5-8(10)3;1-2/h7-9H,4-6H2,1-3H3;1-2H3. The smallest absolute Gasteiger partial charge is 0.0193 e. The van der Waals surface area contributed by atoms with Crippen LogP contribution in [0.15, 0.2) is 0 Å². The first-order valence-corrected chi connectivity index (χ1v) is 5.21. The van der Waals surface area contributed by atoms with Gasteiger partial charge in [0, 0.05) is 25.2 Å². The average Bonchev–Trinajstić information content (AvgIpc) is 2.13. The van der Waals surface area contributed by atoms with Gasteiger partial charge in [-0.1, -0.05) is 20.8 Å². The molecule has 2 unspecified atom stereocenters. The zero-order chi connectivity index (χ0) is 9.56. The van der Waals surface area contributed by atoms with Crippen LogP contribution < -0.4 is 5.32 Å². The second-order valence-corrected chi connectivity index (χ2v) is 3.25. The van der Waals surface area contributed by atoms with Gasteiger partial charge in [-0.25, -0.2) is 0 Å². The molecular weight excluding hydrogens is 148 g/mol. The Morgan fingerprint density at radius 2 is 1.92 bits per heavy atom. The van der Waals surface area contributed by atoms with E-state index in [0.29, 0.717) is 6.04 Å². The number of nitrogens with zero attached hydrogens (tertiary/aromatic N) is 1. The maximum absolute atomic E-state index is 3.45. The molecule has 12 heavy (non-hydrogen) atoms. The molecule has 0 radical (unpaired) electrons. The number of hydrogen-bond donors (Lipinski definition) is 1. The lowest BCUT2D eigenvalue weighted by molar-refractivity contribution is 0.154. The van der Waals surface area contributed by atoms with E-state index in [4.69, 9.17) is 0 Å². The van der Waals surface area contributed by atoms with Crippen molar-refractivity contribution in [3.63, 3.8) is 0 Å². The zero-order valence-corrected chi connectivity index (χ0v) is 9.22. The Morgan fingerprint density at radius 3 is 2.33 bits per heavy atom. The molecule has 1 heterocycles. The lowest BCUT2D eigenvalue weighted by atomic mass is 10.1. The minimum absolute atomic E-state index is 0.677. The van der Waals surface area contributed by atoms with Crippen LogP contribution in [0.5, 0.6) is 0 Å². The highest BCUT2D eigenvalue weighted by Gasteiger charge is 2.19. The molecule has 2 atom stereocenters. The number of rotatable bonds is 1. The van der Waals surface area contributed by atoms with E-state index in [9.17, 15) is 0 Å². The third-order valence-corrected chi connectivity index (χ3v) is 2.30. The van der Waals surface area contributed by atoms with Gasteiger partial charge < -0.3 is 5.32 Å². The predicted molar refractivity (Wildman–Crippen MR) is 55.5 cm³/mol. The minimum Gasteiger partial charge on any atom is -0.311 e. The largest absolute Gasteiger partial charge is 0.311 e. The lowest BCUT2D eigenvalue weighted by Crippen LogP contribution is -2.53. The van der Waals surface area contributed by atoms with Crippen LogP contribution in [-0.2, 0) is 0 Å². The topological polar surface area (TPSA) is 15.3 Å². The normalized spacial score (nSPS) is 30.8. The first-order chi connectivity index (χ1) is 5.74. The average molecular weight is 172 g/mol. The molecule has 2 nitrogen and oxygen atoms in total. The van der Waals surface area contributed by atoms with E-state index >= 15 is 0 Å². The number of hydrogen-bond acceptors (Lipinski definition) is 2. The first-order valence-electron chi connectivity index (χ1n) is 5.21. The van der Waals surface area contributed by atoms with Crippen molar-refractivity contribution in [1.82, 2.24) is 10.2 Å². The number of nitrogens with one attached hydrogen (secondary N) is 1. The van der Waals surface area contributed by atoms with Crippen LogP contribution >= 0.6 is 0 Å². The Kier molecular flexibility index (Phi) is 6.39. The molecule has 0 saturated carbocycles. The summed E-state index contributed by atoms with van der Waals surface area (Å²) in [6, 6.07) is 1.40. The second-order valence-electron chi connectivity index (χ2n) is 3.25. The highest BCUT2D eigenvalue weighted by molar-refractivity contribution is 4.79. The van der Waals surface area contributed by atoms with Crippen molar-refractivity contribution in [2.24, 2.45) is 0 Å². The summed E-state index contributed by atoms with van der Waals surface area (Å²) in [6.45, 7) is 14.3. The summed E-state index contributed by atoms with van der Waals surface area (Å²) in [5, 5.41) is 3.45. The fourth-order valence-corrected chi connectivity index (χ4v) is 1.54. The summed E-state index contributed by atoms with van der Waals surface area (Å²) in [5.74, 6) is 0. The van der Waals surface area contributed by atoms with E-state index < -0.39 is 0 Å². The van der Waals surface area contributed by atoms with Gasteiger partial charge in [0.15, 0.2) is 0 Å². The molecule has 0 spiro atoms. The molecule has 1 rings (SSSR count). The van der Waals surface area contributed by atoms with Gasteiger partial charge in [-0.05, 0) is 20.4 Å². The van der Waals surface area contributed by atoms with E-state index in [1.807, 2.05) is 13.8 Å². The minimum atomic E-state index is 0.677. The summed E-state index contributed by atoms with van der Waals surface area (Å²) in [7, 11) is 0. The van der Waals surface area contributed by atoms with Crippen LogP contribution in [0.25, 0.3) is 0 Å². The summed E-state index contributed by atoms with van der Waals surface area (Å²) in [4.78, 5) is 2.52. The third kappa shape index (κ3) is 3.55. The molecule has 1 N–H and O–H groups in total. The van der Waals surface area contributed by atoms with Gasteiger partial charge in [-0.15, -0.1) is 0 Å². The molecule has 0 aliphatic carbocycles. The maximum Gasteiger partial charge on any atom is 0.0193 e. The summed E-state index contributed by atoms with van der Waals surface area (Å²) in [5.41, 5.74) is 0. The molecule has 0 aromatic heterocycles. The van der Waals surface area contributed by atoms with Gasteiger partial charge >= 0.3 is 0 Å². The zero-order valence-electron chi connectivity index (χ0n) is 9.22. The van der Waals surface area contributed by atoms with Crippen LogP contribution in [0.1, 0.15) is 34.6 Å². The van der Waals surface area contributed by atoms with E-state index in [2.05, 4.69) is 31.0 Å². The maximum atomic E-state index is 3.45. The molecule has 1 aliphatic heterocycles. The molecule has 74 valence electrons. The van der Waals surface area contributed by atoms with Crippen LogP contribution in [0.2, 0.25) is 0 Å². The van der Waals surface area contributed by atoms with E-state index in [-0.39, 0.29) is 0 Å². The quantitative estimate of drug-likeness (QED) is 0.648. The van der Waals surface area contributed by atoms with Crippen molar-refractivity contribution in [2.45, 2.75) is 46.7 Å². The molecule has 0 bridgehead atoms. The second kappa shape index (κ2) is 6.44. The molecule has 0 aromatic carbocycles. The van der Waals surface area contributed by atoms with Crippen molar-refractivity contribution < 1.29 is 0 Å². The van der Waals surface area contributed by atoms with E-state index in [0.717, 1.165) is 12.6 Å². The van der Waals surface area contributed by atoms with Crippen LogP contribution in [0.3, 0.4) is 0 Å². The summed E-state index contributed by atoms with van der Waals surface area (Å²) in [6.07, 6.45) is 0. The number of piperazine rings is 1. The van der Waals surface area contributed by atoms with Crippen molar-refractivity contribution in [2.75, 3.05) is 19.6 Å². The molecule has 0 aromatic rings. The SMILES string of the molecule is CC.CCN1CC(C)NCC1C. The van der Waals surface area contributed by atoms with E-state index in [1.54, 1.807) is 0 Å². The molecular formula is C10H24N2. The molecule has 1 saturated heterocycles. The summed E-state index contributed by atoms with van der Waals surface area (Å²) < 4.78 is 0. The van der Waals surface area contributed by atoms with Gasteiger partial charge in [0.05, 0.1) is 0 Å². The van der Waals surface area contributed by atoms with Crippen molar-refractivity contribution >= 4 is 0 Å². The monoisotopic (exact) mass is 172 g/mol. The third-order valence-electron chi connectivity index (χ3n) is 2.30. The van der Waals surface area contributed by atoms with Crippen molar-refractivity contribution in [3.05, 3.63) is 0 Å². The Labute approximate surface area is 77.3 Å². The van der Waals surface area contributed by atoms with Gasteiger partial charge in [0.1, 0.15) is 0 Å². The van der Waals surface area contributed by atoms with Gasteiger partial charge in [-0.2, -0.15) is 0 Å². The Morgan fingerprint density at radius 1 is 1.33 bits per heavy atom. The highest BCUT2D eigenvalue weighted by Crippen LogP contribution is 2.04. The van der Waals surface area contributed by atoms with Crippen molar-refractivity contribution in [1.29, 1.82) is 0 Å². The first kappa shape index (κ1) is 11.9. The fraction of sp³-hybridized carbons (Fsp3) is 1.00. The number of likely N-dealkylation sites (N-methyl/N-ethyl adjacent to an activating group) is 1. The highest BCUT2D eigenvalue weighted by atomic mass is 15.2. The molecule has 1 aliphatic rings. The van der Waals surface area contributed by atoms with Crippen LogP contribution in [0.4, 0.5) is 0 Å².